The number of hydrogen-bond donors (Lipinski definition) is 1. The zero-order valence-electron chi connectivity index (χ0n) is 14.1. The number of fused-ring (bicyclic) bond motifs is 1. The molecule has 0 atom stereocenters. The Labute approximate surface area is 161 Å². The Balaban J connectivity index is 1.65. The van der Waals surface area contributed by atoms with Crippen LogP contribution in [0.4, 0.5) is 11.5 Å². The molecule has 4 aromatic rings. The van der Waals surface area contributed by atoms with E-state index in [2.05, 4.69) is 26.2 Å². The summed E-state index contributed by atoms with van der Waals surface area (Å²) in [6.45, 7) is 0. The molecule has 0 bridgehead atoms. The van der Waals surface area contributed by atoms with Gasteiger partial charge in [0.15, 0.2) is 0 Å². The lowest BCUT2D eigenvalue weighted by atomic mass is 10.2. The maximum absolute atomic E-state index is 6.37. The number of anilines is 2. The fourth-order valence-electron chi connectivity index (χ4n) is 2.57. The molecule has 27 heavy (non-hydrogen) atoms. The summed E-state index contributed by atoms with van der Waals surface area (Å²) >= 11 is 6.37. The van der Waals surface area contributed by atoms with Gasteiger partial charge >= 0.3 is 0 Å². The Morgan fingerprint density at radius 3 is 2.70 bits per heavy atom. The summed E-state index contributed by atoms with van der Waals surface area (Å²) in [7, 11) is 0. The molecule has 6 heteroatoms. The molecule has 0 aliphatic carbocycles. The lowest BCUT2D eigenvalue weighted by molar-refractivity contribution is 0.480. The Kier molecular flexibility index (Phi) is 4.56. The van der Waals surface area contributed by atoms with Crippen LogP contribution in [0.5, 0.6) is 11.5 Å². The SMILES string of the molecule is C#Cc1nc(Nc2ccc(Oc3cccnc3)c(Cl)c2)c2ccccc2n1. The molecule has 130 valence electrons. The van der Waals surface area contributed by atoms with Gasteiger partial charge in [0.05, 0.1) is 16.7 Å². The number of aromatic nitrogens is 3. The standard InChI is InChI=1S/C21H13ClN4O/c1-2-20-25-18-8-4-3-7-16(18)21(26-20)24-14-9-10-19(17(22)12-14)27-15-6-5-11-23-13-15/h1,3-13H,(H,24,25,26). The van der Waals surface area contributed by atoms with Crippen LogP contribution in [0.3, 0.4) is 0 Å². The minimum absolute atomic E-state index is 0.318. The number of para-hydroxylation sites is 1. The first kappa shape index (κ1) is 16.8. The van der Waals surface area contributed by atoms with E-state index in [1.165, 1.54) is 0 Å². The number of terminal acetylenes is 1. The van der Waals surface area contributed by atoms with E-state index >= 15 is 0 Å². The van der Waals surface area contributed by atoms with Gasteiger partial charge in [0, 0.05) is 17.3 Å². The molecule has 0 aliphatic rings. The number of nitrogens with zero attached hydrogens (tertiary/aromatic N) is 3. The smallest absolute Gasteiger partial charge is 0.207 e. The van der Waals surface area contributed by atoms with Crippen LogP contribution in [0.2, 0.25) is 5.02 Å². The van der Waals surface area contributed by atoms with Crippen molar-refractivity contribution in [3.63, 3.8) is 0 Å². The Bertz CT molecular complexity index is 1160. The fraction of sp³-hybridized carbons (Fsp3) is 0. The second kappa shape index (κ2) is 7.32. The van der Waals surface area contributed by atoms with Crippen molar-refractivity contribution >= 4 is 34.0 Å². The zero-order valence-corrected chi connectivity index (χ0v) is 14.8. The van der Waals surface area contributed by atoms with Gasteiger partial charge in [-0.15, -0.1) is 6.42 Å². The van der Waals surface area contributed by atoms with Crippen molar-refractivity contribution in [3.05, 3.63) is 77.8 Å². The average Bonchev–Trinajstić information content (AvgIpc) is 2.70. The van der Waals surface area contributed by atoms with Crippen LogP contribution in [0, 0.1) is 12.3 Å². The minimum atomic E-state index is 0.318. The van der Waals surface area contributed by atoms with E-state index in [1.807, 2.05) is 36.4 Å². The summed E-state index contributed by atoms with van der Waals surface area (Å²) in [5.41, 5.74) is 1.52. The van der Waals surface area contributed by atoms with Crippen LogP contribution >= 0.6 is 11.6 Å². The van der Waals surface area contributed by atoms with Gasteiger partial charge in [-0.3, -0.25) is 4.98 Å². The highest BCUT2D eigenvalue weighted by Crippen LogP contribution is 2.33. The molecule has 2 heterocycles. The second-order valence-corrected chi connectivity index (χ2v) is 6.03. The summed E-state index contributed by atoms with van der Waals surface area (Å²) in [6, 6.07) is 16.6. The van der Waals surface area contributed by atoms with Crippen molar-refractivity contribution < 1.29 is 4.74 Å². The van der Waals surface area contributed by atoms with Crippen molar-refractivity contribution in [2.75, 3.05) is 5.32 Å². The minimum Gasteiger partial charge on any atom is -0.454 e. The number of halogens is 1. The van der Waals surface area contributed by atoms with Gasteiger partial charge in [0.2, 0.25) is 5.82 Å². The van der Waals surface area contributed by atoms with Gasteiger partial charge in [0.25, 0.3) is 0 Å². The lowest BCUT2D eigenvalue weighted by Crippen LogP contribution is -1.99. The molecule has 0 saturated carbocycles. The molecule has 0 aliphatic heterocycles. The quantitative estimate of drug-likeness (QED) is 0.499. The molecule has 0 radical (unpaired) electrons. The number of pyridine rings is 1. The van der Waals surface area contributed by atoms with E-state index in [-0.39, 0.29) is 0 Å². The van der Waals surface area contributed by atoms with E-state index in [9.17, 15) is 0 Å². The first-order valence-corrected chi connectivity index (χ1v) is 8.48. The number of nitrogens with one attached hydrogen (secondary N) is 1. The highest BCUT2D eigenvalue weighted by Gasteiger charge is 2.09. The normalized spacial score (nSPS) is 10.4. The number of ether oxygens (including phenoxy) is 1. The van der Waals surface area contributed by atoms with Crippen molar-refractivity contribution in [1.82, 2.24) is 15.0 Å². The molecule has 0 fully saturated rings. The van der Waals surface area contributed by atoms with Gasteiger partial charge < -0.3 is 10.1 Å². The van der Waals surface area contributed by atoms with E-state index in [1.54, 1.807) is 30.6 Å². The first-order valence-electron chi connectivity index (χ1n) is 8.11. The molecular formula is C21H13ClN4O. The average molecular weight is 373 g/mol. The van der Waals surface area contributed by atoms with Crippen LogP contribution < -0.4 is 10.1 Å². The largest absolute Gasteiger partial charge is 0.454 e. The van der Waals surface area contributed by atoms with E-state index in [4.69, 9.17) is 22.8 Å². The third-order valence-corrected chi connectivity index (χ3v) is 4.08. The number of hydrogen-bond acceptors (Lipinski definition) is 5. The lowest BCUT2D eigenvalue weighted by Gasteiger charge is -2.12. The summed E-state index contributed by atoms with van der Waals surface area (Å²) in [4.78, 5) is 12.7. The van der Waals surface area contributed by atoms with Crippen molar-refractivity contribution in [3.8, 4) is 23.8 Å². The summed E-state index contributed by atoms with van der Waals surface area (Å²) < 4.78 is 5.75. The van der Waals surface area contributed by atoms with Gasteiger partial charge in [-0.25, -0.2) is 9.97 Å². The van der Waals surface area contributed by atoms with Crippen LogP contribution in [-0.2, 0) is 0 Å². The topological polar surface area (TPSA) is 59.9 Å². The fourth-order valence-corrected chi connectivity index (χ4v) is 2.79. The van der Waals surface area contributed by atoms with Crippen molar-refractivity contribution in [2.45, 2.75) is 0 Å². The Morgan fingerprint density at radius 1 is 1.04 bits per heavy atom. The van der Waals surface area contributed by atoms with E-state index < -0.39 is 0 Å². The third kappa shape index (κ3) is 3.66. The molecule has 0 saturated heterocycles. The van der Waals surface area contributed by atoms with Crippen molar-refractivity contribution in [1.29, 1.82) is 0 Å². The molecule has 0 unspecified atom stereocenters. The predicted octanol–water partition coefficient (Wildman–Crippen LogP) is 5.20. The monoisotopic (exact) mass is 372 g/mol. The zero-order chi connectivity index (χ0) is 18.6. The van der Waals surface area contributed by atoms with E-state index in [0.717, 1.165) is 16.6 Å². The Hall–Kier alpha value is -3.62. The van der Waals surface area contributed by atoms with Crippen LogP contribution in [0.15, 0.2) is 67.0 Å². The first-order chi connectivity index (χ1) is 13.2. The number of rotatable bonds is 4. The summed E-state index contributed by atoms with van der Waals surface area (Å²) in [6.07, 6.45) is 8.78. The van der Waals surface area contributed by atoms with E-state index in [0.29, 0.717) is 28.2 Å². The maximum atomic E-state index is 6.37. The summed E-state index contributed by atoms with van der Waals surface area (Å²) in [5.74, 6) is 4.56. The third-order valence-electron chi connectivity index (χ3n) is 3.79. The molecular weight excluding hydrogens is 360 g/mol. The van der Waals surface area contributed by atoms with Gasteiger partial charge in [0.1, 0.15) is 17.3 Å². The number of benzene rings is 2. The molecule has 0 spiro atoms. The highest BCUT2D eigenvalue weighted by molar-refractivity contribution is 6.32. The molecule has 2 aromatic carbocycles. The molecule has 4 rings (SSSR count). The molecule has 1 N–H and O–H groups in total. The van der Waals surface area contributed by atoms with Crippen LogP contribution in [-0.4, -0.2) is 15.0 Å². The molecule has 0 amide bonds. The van der Waals surface area contributed by atoms with Crippen LogP contribution in [0.1, 0.15) is 5.82 Å². The Morgan fingerprint density at radius 2 is 1.93 bits per heavy atom. The van der Waals surface area contributed by atoms with Crippen molar-refractivity contribution in [2.24, 2.45) is 0 Å². The van der Waals surface area contributed by atoms with Gasteiger partial charge in [-0.05, 0) is 48.4 Å². The van der Waals surface area contributed by atoms with Gasteiger partial charge in [-0.2, -0.15) is 0 Å². The van der Waals surface area contributed by atoms with Crippen LogP contribution in [0.25, 0.3) is 10.9 Å². The maximum Gasteiger partial charge on any atom is 0.207 e. The predicted molar refractivity (Wildman–Crippen MR) is 107 cm³/mol. The van der Waals surface area contributed by atoms with Gasteiger partial charge in [-0.1, -0.05) is 23.7 Å². The summed E-state index contributed by atoms with van der Waals surface area (Å²) in [5, 5.41) is 4.58. The molecule has 2 aromatic heterocycles. The highest BCUT2D eigenvalue weighted by atomic mass is 35.5. The molecule has 5 nitrogen and oxygen atoms in total. The second-order valence-electron chi connectivity index (χ2n) is 5.62.